The standard InChI is InChI=1S/C31H44O5/c1-26(2)22-8-9-31(7)23(29(22,5)15-18(17-32)24(26)34)21(33)14-19-20-16-28(4,25(35)36)11-10-27(20,3)12-13-30(19,31)6/h14,17-18,20,22-23H,8-13,15-16H2,1-7H3,(H,35,36)/t18?,20-,22-,23+,27+,28?,29-,30+,31+/m0/s1. The maximum Gasteiger partial charge on any atom is 0.309 e. The van der Waals surface area contributed by atoms with Crippen molar-refractivity contribution in [3.05, 3.63) is 11.6 Å². The van der Waals surface area contributed by atoms with Crippen molar-refractivity contribution >= 4 is 23.8 Å². The Kier molecular flexibility index (Phi) is 5.32. The Morgan fingerprint density at radius 1 is 0.944 bits per heavy atom. The first-order chi connectivity index (χ1) is 16.5. The van der Waals surface area contributed by atoms with Crippen LogP contribution in [-0.2, 0) is 19.2 Å². The molecule has 0 aromatic heterocycles. The molecule has 9 atom stereocenters. The number of fused-ring (bicyclic) bond motifs is 7. The number of hydrogen-bond acceptors (Lipinski definition) is 4. The molecule has 2 unspecified atom stereocenters. The molecule has 0 amide bonds. The molecule has 5 aliphatic rings. The van der Waals surface area contributed by atoms with E-state index < -0.39 is 28.1 Å². The Morgan fingerprint density at radius 2 is 1.58 bits per heavy atom. The maximum absolute atomic E-state index is 14.3. The van der Waals surface area contributed by atoms with Crippen LogP contribution >= 0.6 is 0 Å². The second-order valence-corrected chi connectivity index (χ2v) is 15.1. The summed E-state index contributed by atoms with van der Waals surface area (Å²) in [5, 5.41) is 10.1. The molecule has 4 saturated carbocycles. The number of carbonyl (C=O) groups is 4. The summed E-state index contributed by atoms with van der Waals surface area (Å²) in [5.41, 5.74) is -1.12. The summed E-state index contributed by atoms with van der Waals surface area (Å²) < 4.78 is 0. The molecule has 1 N–H and O–H groups in total. The van der Waals surface area contributed by atoms with Crippen LogP contribution in [-0.4, -0.2) is 28.9 Å². The van der Waals surface area contributed by atoms with Gasteiger partial charge in [0.1, 0.15) is 12.1 Å². The van der Waals surface area contributed by atoms with E-state index in [2.05, 4.69) is 27.7 Å². The Morgan fingerprint density at radius 3 is 2.19 bits per heavy atom. The number of rotatable bonds is 2. The molecule has 5 heteroatoms. The molecule has 36 heavy (non-hydrogen) atoms. The van der Waals surface area contributed by atoms with Gasteiger partial charge < -0.3 is 9.90 Å². The second kappa shape index (κ2) is 7.41. The summed E-state index contributed by atoms with van der Waals surface area (Å²) in [6, 6.07) is 0. The Bertz CT molecular complexity index is 1090. The fraction of sp³-hybridized carbons (Fsp3) is 0.806. The number of hydrogen-bond donors (Lipinski definition) is 1. The van der Waals surface area contributed by atoms with Gasteiger partial charge >= 0.3 is 5.97 Å². The van der Waals surface area contributed by atoms with E-state index in [0.29, 0.717) is 19.3 Å². The van der Waals surface area contributed by atoms with Gasteiger partial charge in [-0.25, -0.2) is 0 Å². The van der Waals surface area contributed by atoms with E-state index in [1.165, 1.54) is 5.57 Å². The predicted molar refractivity (Wildman–Crippen MR) is 137 cm³/mol. The summed E-state index contributed by atoms with van der Waals surface area (Å²) in [5.74, 6) is -1.31. The van der Waals surface area contributed by atoms with E-state index in [0.717, 1.165) is 38.4 Å². The third-order valence-corrected chi connectivity index (χ3v) is 13.0. The van der Waals surface area contributed by atoms with Crippen molar-refractivity contribution in [1.29, 1.82) is 0 Å². The minimum Gasteiger partial charge on any atom is -0.481 e. The highest BCUT2D eigenvalue weighted by atomic mass is 16.4. The van der Waals surface area contributed by atoms with Gasteiger partial charge in [-0.05, 0) is 97.9 Å². The number of allylic oxidation sites excluding steroid dienone is 2. The van der Waals surface area contributed by atoms with Gasteiger partial charge in [0.25, 0.3) is 0 Å². The molecule has 5 aliphatic carbocycles. The van der Waals surface area contributed by atoms with Crippen LogP contribution < -0.4 is 0 Å². The highest BCUT2D eigenvalue weighted by molar-refractivity contribution is 6.00. The number of aldehydes is 1. The average Bonchev–Trinajstić information content (AvgIpc) is 2.78. The first-order valence-electron chi connectivity index (χ1n) is 14.0. The highest BCUT2D eigenvalue weighted by Gasteiger charge is 2.71. The van der Waals surface area contributed by atoms with E-state index in [9.17, 15) is 24.3 Å². The molecule has 198 valence electrons. The molecule has 5 nitrogen and oxygen atoms in total. The topological polar surface area (TPSA) is 88.5 Å². The largest absolute Gasteiger partial charge is 0.481 e. The van der Waals surface area contributed by atoms with Crippen LogP contribution in [0.25, 0.3) is 0 Å². The fourth-order valence-corrected chi connectivity index (χ4v) is 10.5. The van der Waals surface area contributed by atoms with Crippen LogP contribution in [0.1, 0.15) is 99.8 Å². The minimum absolute atomic E-state index is 0.0206. The molecular formula is C31H44O5. The first kappa shape index (κ1) is 25.9. The molecule has 0 spiro atoms. The Hall–Kier alpha value is -1.78. The van der Waals surface area contributed by atoms with E-state index in [1.54, 1.807) is 0 Å². The van der Waals surface area contributed by atoms with Crippen LogP contribution in [0, 0.1) is 56.2 Å². The van der Waals surface area contributed by atoms with Gasteiger partial charge in [0, 0.05) is 11.3 Å². The maximum atomic E-state index is 14.3. The lowest BCUT2D eigenvalue weighted by Crippen LogP contribution is -2.67. The van der Waals surface area contributed by atoms with Crippen molar-refractivity contribution in [2.45, 2.75) is 99.8 Å². The Labute approximate surface area is 215 Å². The fourth-order valence-electron chi connectivity index (χ4n) is 10.5. The van der Waals surface area contributed by atoms with Crippen LogP contribution in [0.15, 0.2) is 11.6 Å². The number of Topliss-reactive ketones (excluding diaryl/α,β-unsaturated/α-hetero) is 1. The van der Waals surface area contributed by atoms with Crippen molar-refractivity contribution in [2.24, 2.45) is 56.2 Å². The van der Waals surface area contributed by atoms with Gasteiger partial charge in [-0.15, -0.1) is 0 Å². The third-order valence-electron chi connectivity index (χ3n) is 13.0. The van der Waals surface area contributed by atoms with Crippen molar-refractivity contribution in [1.82, 2.24) is 0 Å². The lowest BCUT2D eigenvalue weighted by Gasteiger charge is -2.70. The minimum atomic E-state index is -0.765. The Balaban J connectivity index is 1.64. The van der Waals surface area contributed by atoms with Gasteiger partial charge in [0.05, 0.1) is 11.3 Å². The van der Waals surface area contributed by atoms with Gasteiger partial charge in [0.2, 0.25) is 0 Å². The van der Waals surface area contributed by atoms with E-state index in [-0.39, 0.29) is 45.6 Å². The lowest BCUT2D eigenvalue weighted by molar-refractivity contribution is -0.193. The summed E-state index contributed by atoms with van der Waals surface area (Å²) in [7, 11) is 0. The second-order valence-electron chi connectivity index (χ2n) is 15.1. The van der Waals surface area contributed by atoms with Gasteiger partial charge in [-0.2, -0.15) is 0 Å². The third kappa shape index (κ3) is 2.95. The molecule has 0 radical (unpaired) electrons. The number of carbonyl (C=O) groups excluding carboxylic acids is 3. The van der Waals surface area contributed by atoms with E-state index in [1.807, 2.05) is 26.8 Å². The molecule has 0 aromatic rings. The normalized spacial score (nSPS) is 51.7. The predicted octanol–water partition coefficient (Wildman–Crippen LogP) is 6.05. The average molecular weight is 497 g/mol. The summed E-state index contributed by atoms with van der Waals surface area (Å²) in [6.45, 7) is 15.0. The van der Waals surface area contributed by atoms with Gasteiger partial charge in [-0.3, -0.25) is 14.4 Å². The van der Waals surface area contributed by atoms with Crippen LogP contribution in [0.5, 0.6) is 0 Å². The molecule has 0 aliphatic heterocycles. The van der Waals surface area contributed by atoms with Crippen molar-refractivity contribution in [3.63, 3.8) is 0 Å². The van der Waals surface area contributed by atoms with Crippen LogP contribution in [0.4, 0.5) is 0 Å². The molecule has 0 aromatic carbocycles. The SMILES string of the molecule is CC1(C(=O)O)CC[C@]2(C)CC[C@]3(C)C(=CC(=O)[C@@H]4[C@@]5(C)CC(C=O)C(=O)C(C)(C)[C@@H]5CC[C@]43C)[C@@H]2C1. The molecule has 5 rings (SSSR count). The highest BCUT2D eigenvalue weighted by Crippen LogP contribution is 2.75. The number of carboxylic acid groups (broad SMARTS) is 1. The van der Waals surface area contributed by atoms with Crippen molar-refractivity contribution in [3.8, 4) is 0 Å². The quantitative estimate of drug-likeness (QED) is 0.372. The van der Waals surface area contributed by atoms with Gasteiger partial charge in [-0.1, -0.05) is 47.1 Å². The zero-order chi connectivity index (χ0) is 26.7. The molecular weight excluding hydrogens is 452 g/mol. The smallest absolute Gasteiger partial charge is 0.309 e. The number of ketones is 2. The van der Waals surface area contributed by atoms with E-state index >= 15 is 0 Å². The van der Waals surface area contributed by atoms with E-state index in [4.69, 9.17) is 0 Å². The molecule has 0 saturated heterocycles. The zero-order valence-corrected chi connectivity index (χ0v) is 23.2. The van der Waals surface area contributed by atoms with Crippen LogP contribution in [0.2, 0.25) is 0 Å². The molecule has 4 fully saturated rings. The van der Waals surface area contributed by atoms with Crippen molar-refractivity contribution < 1.29 is 24.3 Å². The summed E-state index contributed by atoms with van der Waals surface area (Å²) in [4.78, 5) is 51.8. The number of aliphatic carboxylic acids is 1. The van der Waals surface area contributed by atoms with Crippen LogP contribution in [0.3, 0.4) is 0 Å². The van der Waals surface area contributed by atoms with Crippen molar-refractivity contribution in [2.75, 3.05) is 0 Å². The summed E-state index contributed by atoms with van der Waals surface area (Å²) >= 11 is 0. The zero-order valence-electron chi connectivity index (χ0n) is 23.2. The lowest BCUT2D eigenvalue weighted by atomic mass is 9.33. The first-order valence-corrected chi connectivity index (χ1v) is 14.0. The molecule has 0 bridgehead atoms. The molecule has 0 heterocycles. The monoisotopic (exact) mass is 496 g/mol. The number of carboxylic acids is 1. The summed E-state index contributed by atoms with van der Waals surface area (Å²) in [6.07, 6.45) is 9.12. The van der Waals surface area contributed by atoms with Gasteiger partial charge in [0.15, 0.2) is 5.78 Å².